The molecule has 26 heavy (non-hydrogen) atoms. The highest BCUT2D eigenvalue weighted by Gasteiger charge is 2.21. The molecule has 3 amide bonds. The Bertz CT molecular complexity index is 785. The molecule has 8 heteroatoms. The minimum Gasteiger partial charge on any atom is -0.451 e. The van der Waals surface area contributed by atoms with Gasteiger partial charge in [-0.2, -0.15) is 0 Å². The van der Waals surface area contributed by atoms with Gasteiger partial charge < -0.3 is 14.5 Å². The fourth-order valence-corrected chi connectivity index (χ4v) is 2.01. The van der Waals surface area contributed by atoms with Crippen LogP contribution in [0.3, 0.4) is 0 Å². The summed E-state index contributed by atoms with van der Waals surface area (Å²) < 4.78 is 10.4. The maximum atomic E-state index is 12.1. The van der Waals surface area contributed by atoms with Crippen LogP contribution in [0.25, 0.3) is 11.5 Å². The van der Waals surface area contributed by atoms with Crippen molar-refractivity contribution in [2.45, 2.75) is 33.2 Å². The Labute approximate surface area is 150 Å². The number of carbonyl (C=O) groups is 3. The Morgan fingerprint density at radius 2 is 1.92 bits per heavy atom. The zero-order chi connectivity index (χ0) is 19.1. The van der Waals surface area contributed by atoms with Gasteiger partial charge in [0.05, 0.1) is 0 Å². The van der Waals surface area contributed by atoms with E-state index in [0.29, 0.717) is 5.56 Å². The molecule has 0 aliphatic rings. The van der Waals surface area contributed by atoms with Crippen LogP contribution in [0, 0.1) is 6.92 Å². The van der Waals surface area contributed by atoms with Gasteiger partial charge in [0.2, 0.25) is 5.89 Å². The van der Waals surface area contributed by atoms with Gasteiger partial charge in [0.25, 0.3) is 5.91 Å². The molecule has 2 rings (SSSR count). The summed E-state index contributed by atoms with van der Waals surface area (Å²) in [4.78, 5) is 39.4. The monoisotopic (exact) mass is 359 g/mol. The number of rotatable bonds is 6. The molecule has 1 atom stereocenters. The lowest BCUT2D eigenvalue weighted by molar-refractivity contribution is -0.123. The molecule has 0 unspecified atom stereocenters. The van der Waals surface area contributed by atoms with Crippen molar-refractivity contribution in [3.63, 3.8) is 0 Å². The quantitative estimate of drug-likeness (QED) is 0.767. The Kier molecular flexibility index (Phi) is 6.48. The van der Waals surface area contributed by atoms with Crippen LogP contribution in [-0.2, 0) is 9.53 Å². The van der Waals surface area contributed by atoms with Crippen molar-refractivity contribution in [2.24, 2.45) is 0 Å². The second-order valence-electron chi connectivity index (χ2n) is 5.70. The van der Waals surface area contributed by atoms with E-state index in [1.165, 1.54) is 0 Å². The first-order valence-corrected chi connectivity index (χ1v) is 8.21. The third kappa shape index (κ3) is 5.17. The van der Waals surface area contributed by atoms with E-state index in [2.05, 4.69) is 15.6 Å². The number of hydrogen-bond donors (Lipinski definition) is 2. The molecule has 2 aromatic rings. The zero-order valence-corrected chi connectivity index (χ0v) is 14.9. The predicted molar refractivity (Wildman–Crippen MR) is 93.4 cm³/mol. The lowest BCUT2D eigenvalue weighted by atomic mass is 10.2. The van der Waals surface area contributed by atoms with Crippen molar-refractivity contribution in [1.82, 2.24) is 15.6 Å². The molecule has 0 fully saturated rings. The number of esters is 1. The van der Waals surface area contributed by atoms with Crippen molar-refractivity contribution in [1.29, 1.82) is 0 Å². The second-order valence-corrected chi connectivity index (χ2v) is 5.70. The van der Waals surface area contributed by atoms with E-state index < -0.39 is 24.5 Å². The Morgan fingerprint density at radius 1 is 1.23 bits per heavy atom. The SMILES string of the molecule is CC[C@H](C)NC(=O)NC(=O)COC(=O)c1nc(-c2ccccc2)oc1C. The van der Waals surface area contributed by atoms with Crippen LogP contribution in [0.2, 0.25) is 0 Å². The van der Waals surface area contributed by atoms with Crippen LogP contribution in [-0.4, -0.2) is 35.5 Å². The molecule has 0 spiro atoms. The molecule has 0 radical (unpaired) electrons. The first kappa shape index (κ1) is 19.2. The minimum atomic E-state index is -0.800. The highest BCUT2D eigenvalue weighted by molar-refractivity contribution is 5.97. The molecule has 1 aromatic carbocycles. The Balaban J connectivity index is 1.91. The third-order valence-electron chi connectivity index (χ3n) is 3.59. The van der Waals surface area contributed by atoms with Gasteiger partial charge in [-0.3, -0.25) is 10.1 Å². The number of nitrogens with zero attached hydrogens (tertiary/aromatic N) is 1. The summed E-state index contributed by atoms with van der Waals surface area (Å²) in [5, 5.41) is 4.66. The highest BCUT2D eigenvalue weighted by Crippen LogP contribution is 2.21. The van der Waals surface area contributed by atoms with Crippen LogP contribution in [0.5, 0.6) is 0 Å². The largest absolute Gasteiger partial charge is 0.451 e. The van der Waals surface area contributed by atoms with Crippen molar-refractivity contribution in [3.05, 3.63) is 41.8 Å². The average molecular weight is 359 g/mol. The molecule has 0 saturated carbocycles. The smallest absolute Gasteiger partial charge is 0.361 e. The highest BCUT2D eigenvalue weighted by atomic mass is 16.5. The minimum absolute atomic E-state index is 0.0132. The summed E-state index contributed by atoms with van der Waals surface area (Å²) in [6.07, 6.45) is 0.728. The van der Waals surface area contributed by atoms with Crippen molar-refractivity contribution in [2.75, 3.05) is 6.61 Å². The average Bonchev–Trinajstić information content (AvgIpc) is 3.02. The number of carbonyl (C=O) groups excluding carboxylic acids is 3. The topological polar surface area (TPSA) is 111 Å². The zero-order valence-electron chi connectivity index (χ0n) is 14.9. The van der Waals surface area contributed by atoms with Crippen LogP contribution in [0.4, 0.5) is 4.79 Å². The number of aromatic nitrogens is 1. The molecule has 2 N–H and O–H groups in total. The summed E-state index contributed by atoms with van der Waals surface area (Å²) in [7, 11) is 0. The molecule has 0 aliphatic carbocycles. The normalized spacial score (nSPS) is 11.5. The van der Waals surface area contributed by atoms with Crippen molar-refractivity contribution in [3.8, 4) is 11.5 Å². The number of ether oxygens (including phenoxy) is 1. The fraction of sp³-hybridized carbons (Fsp3) is 0.333. The molecule has 1 heterocycles. The van der Waals surface area contributed by atoms with Crippen molar-refractivity contribution >= 4 is 17.9 Å². The Morgan fingerprint density at radius 3 is 2.58 bits per heavy atom. The third-order valence-corrected chi connectivity index (χ3v) is 3.59. The molecule has 1 aromatic heterocycles. The van der Waals surface area contributed by atoms with Gasteiger partial charge in [-0.25, -0.2) is 14.6 Å². The first-order chi connectivity index (χ1) is 12.4. The van der Waals surface area contributed by atoms with Crippen LogP contribution in [0.1, 0.15) is 36.5 Å². The summed E-state index contributed by atoms with van der Waals surface area (Å²) in [5.74, 6) is -0.967. The van der Waals surface area contributed by atoms with E-state index in [4.69, 9.17) is 9.15 Å². The number of nitrogens with one attached hydrogen (secondary N) is 2. The van der Waals surface area contributed by atoms with E-state index in [9.17, 15) is 14.4 Å². The molecule has 0 aliphatic heterocycles. The number of urea groups is 1. The van der Waals surface area contributed by atoms with E-state index in [1.807, 2.05) is 32.0 Å². The van der Waals surface area contributed by atoms with Gasteiger partial charge >= 0.3 is 12.0 Å². The summed E-state index contributed by atoms with van der Waals surface area (Å²) in [6.45, 7) is 4.69. The fourth-order valence-electron chi connectivity index (χ4n) is 2.01. The number of benzene rings is 1. The summed E-state index contributed by atoms with van der Waals surface area (Å²) >= 11 is 0. The van der Waals surface area contributed by atoms with E-state index in [0.717, 1.165) is 6.42 Å². The number of imide groups is 1. The molecule has 0 bridgehead atoms. The standard InChI is InChI=1S/C18H21N3O5/c1-4-11(2)19-18(24)20-14(22)10-25-17(23)15-12(3)26-16(21-15)13-8-6-5-7-9-13/h5-9,11H,4,10H2,1-3H3,(H2,19,20,22,24)/t11-/m0/s1. The number of oxazole rings is 1. The molecule has 138 valence electrons. The first-order valence-electron chi connectivity index (χ1n) is 8.21. The number of aryl methyl sites for hydroxylation is 1. The van der Waals surface area contributed by atoms with Gasteiger partial charge in [-0.15, -0.1) is 0 Å². The van der Waals surface area contributed by atoms with Crippen LogP contribution in [0.15, 0.2) is 34.7 Å². The summed E-state index contributed by atoms with van der Waals surface area (Å²) in [6, 6.07) is 8.38. The van der Waals surface area contributed by atoms with Crippen LogP contribution >= 0.6 is 0 Å². The molecular formula is C18H21N3O5. The molecule has 8 nitrogen and oxygen atoms in total. The van der Waals surface area contributed by atoms with Gasteiger partial charge in [0, 0.05) is 11.6 Å². The van der Waals surface area contributed by atoms with Gasteiger partial charge in [-0.05, 0) is 32.4 Å². The number of hydrogen-bond acceptors (Lipinski definition) is 6. The Hall–Kier alpha value is -3.16. The maximum Gasteiger partial charge on any atom is 0.361 e. The maximum absolute atomic E-state index is 12.1. The van der Waals surface area contributed by atoms with Crippen molar-refractivity contribution < 1.29 is 23.5 Å². The van der Waals surface area contributed by atoms with Crippen LogP contribution < -0.4 is 10.6 Å². The second kappa shape index (κ2) is 8.80. The van der Waals surface area contributed by atoms with Gasteiger partial charge in [0.15, 0.2) is 12.3 Å². The number of amides is 3. The lowest BCUT2D eigenvalue weighted by Crippen LogP contribution is -2.44. The van der Waals surface area contributed by atoms with E-state index in [-0.39, 0.29) is 23.4 Å². The molecular weight excluding hydrogens is 338 g/mol. The molecule has 0 saturated heterocycles. The van der Waals surface area contributed by atoms with E-state index >= 15 is 0 Å². The lowest BCUT2D eigenvalue weighted by Gasteiger charge is -2.11. The summed E-state index contributed by atoms with van der Waals surface area (Å²) in [5.41, 5.74) is 0.704. The van der Waals surface area contributed by atoms with Gasteiger partial charge in [0.1, 0.15) is 5.76 Å². The van der Waals surface area contributed by atoms with E-state index in [1.54, 1.807) is 19.1 Å². The van der Waals surface area contributed by atoms with Gasteiger partial charge in [-0.1, -0.05) is 25.1 Å². The predicted octanol–water partition coefficient (Wildman–Crippen LogP) is 2.43.